The summed E-state index contributed by atoms with van der Waals surface area (Å²) in [4.78, 5) is 27.9. The van der Waals surface area contributed by atoms with Gasteiger partial charge in [-0.3, -0.25) is 4.79 Å². The van der Waals surface area contributed by atoms with Crippen molar-refractivity contribution in [2.24, 2.45) is 0 Å². The van der Waals surface area contributed by atoms with Gasteiger partial charge in [-0.2, -0.15) is 0 Å². The van der Waals surface area contributed by atoms with Crippen molar-refractivity contribution in [3.05, 3.63) is 70.1 Å². The fourth-order valence-electron chi connectivity index (χ4n) is 6.42. The van der Waals surface area contributed by atoms with Crippen LogP contribution >= 0.6 is 0 Å². The molecule has 0 spiro atoms. The van der Waals surface area contributed by atoms with Crippen LogP contribution in [0.15, 0.2) is 58.9 Å². The quantitative estimate of drug-likeness (QED) is 0.395. The number of dihydropyridines is 1. The number of esters is 1. The van der Waals surface area contributed by atoms with Gasteiger partial charge >= 0.3 is 5.97 Å². The highest BCUT2D eigenvalue weighted by atomic mass is 16.5. The molecule has 1 heterocycles. The van der Waals surface area contributed by atoms with Crippen LogP contribution in [0.25, 0.3) is 0 Å². The molecule has 8 heteroatoms. The largest absolute Gasteiger partial charge is 0.497 e. The highest BCUT2D eigenvalue weighted by Crippen LogP contribution is 2.49. The molecule has 218 valence electrons. The van der Waals surface area contributed by atoms with E-state index in [1.165, 1.54) is 0 Å². The normalized spacial score (nSPS) is 21.1. The fourth-order valence-corrected chi connectivity index (χ4v) is 6.42. The van der Waals surface area contributed by atoms with Crippen molar-refractivity contribution < 1.29 is 33.3 Å². The third-order valence-corrected chi connectivity index (χ3v) is 8.48. The van der Waals surface area contributed by atoms with Gasteiger partial charge in [-0.1, -0.05) is 18.6 Å². The first kappa shape index (κ1) is 28.6. The van der Waals surface area contributed by atoms with Crippen molar-refractivity contribution in [2.45, 2.75) is 69.8 Å². The van der Waals surface area contributed by atoms with E-state index in [-0.39, 0.29) is 17.8 Å². The van der Waals surface area contributed by atoms with Gasteiger partial charge in [0.1, 0.15) is 11.9 Å². The van der Waals surface area contributed by atoms with Crippen LogP contribution in [0.5, 0.6) is 23.0 Å². The molecule has 1 N–H and O–H groups in total. The Morgan fingerprint density at radius 1 is 0.829 bits per heavy atom. The first-order valence-corrected chi connectivity index (χ1v) is 14.3. The molecule has 8 nitrogen and oxygen atoms in total. The summed E-state index contributed by atoms with van der Waals surface area (Å²) in [7, 11) is 6.29. The lowest BCUT2D eigenvalue weighted by Gasteiger charge is -2.37. The molecule has 5 rings (SSSR count). The van der Waals surface area contributed by atoms with Gasteiger partial charge in [0.05, 0.1) is 34.0 Å². The number of ether oxygens (including phenoxy) is 5. The van der Waals surface area contributed by atoms with Crippen LogP contribution < -0.4 is 24.3 Å². The SMILES string of the molecule is COc1ccc(C2CC(=O)C3=C(C2)NC(C)=C(C(=O)OC2CCCCC2)C3c2cc(OC)c(OC)c(OC)c2)cc1. The van der Waals surface area contributed by atoms with E-state index in [9.17, 15) is 9.59 Å². The van der Waals surface area contributed by atoms with Crippen LogP contribution in [-0.2, 0) is 14.3 Å². The number of benzene rings is 2. The minimum atomic E-state index is -0.639. The van der Waals surface area contributed by atoms with Crippen molar-refractivity contribution in [3.63, 3.8) is 0 Å². The standard InChI is InChI=1S/C33H39NO7/c1-19-29(33(36)41-24-9-7-6-8-10-24)30(22-17-27(38-3)32(40-5)28(18-22)39-4)31-25(34-19)15-21(16-26(31)35)20-11-13-23(37-2)14-12-20/h11-14,17-18,21,24,30,34H,6-10,15-16H2,1-5H3. The van der Waals surface area contributed by atoms with Crippen molar-refractivity contribution in [1.82, 2.24) is 5.32 Å². The third-order valence-electron chi connectivity index (χ3n) is 8.48. The first-order chi connectivity index (χ1) is 19.9. The maximum Gasteiger partial charge on any atom is 0.337 e. The summed E-state index contributed by atoms with van der Waals surface area (Å²) >= 11 is 0. The minimum absolute atomic E-state index is 0.00351. The van der Waals surface area contributed by atoms with Gasteiger partial charge < -0.3 is 29.0 Å². The van der Waals surface area contributed by atoms with Crippen LogP contribution in [0.3, 0.4) is 0 Å². The van der Waals surface area contributed by atoms with Gasteiger partial charge in [0.25, 0.3) is 0 Å². The van der Waals surface area contributed by atoms with Crippen LogP contribution in [-0.4, -0.2) is 46.3 Å². The lowest BCUT2D eigenvalue weighted by atomic mass is 9.71. The third kappa shape index (κ3) is 5.65. The minimum Gasteiger partial charge on any atom is -0.497 e. The Morgan fingerprint density at radius 3 is 2.07 bits per heavy atom. The summed E-state index contributed by atoms with van der Waals surface area (Å²) in [5, 5.41) is 3.44. The number of carbonyl (C=O) groups excluding carboxylic acids is 2. The second kappa shape index (κ2) is 12.3. The average molecular weight is 562 g/mol. The zero-order valence-electron chi connectivity index (χ0n) is 24.5. The van der Waals surface area contributed by atoms with Crippen molar-refractivity contribution >= 4 is 11.8 Å². The van der Waals surface area contributed by atoms with Crippen LogP contribution in [0.4, 0.5) is 0 Å². The molecule has 1 aliphatic heterocycles. The van der Waals surface area contributed by atoms with E-state index in [1.807, 2.05) is 43.3 Å². The molecule has 41 heavy (non-hydrogen) atoms. The molecule has 0 bridgehead atoms. The number of allylic oxidation sites excluding steroid dienone is 3. The summed E-state index contributed by atoms with van der Waals surface area (Å²) in [5.74, 6) is 1.10. The fraction of sp³-hybridized carbons (Fsp3) is 0.455. The number of rotatable bonds is 8. The van der Waals surface area contributed by atoms with Gasteiger partial charge in [0, 0.05) is 29.3 Å². The number of hydrogen-bond acceptors (Lipinski definition) is 8. The molecule has 0 radical (unpaired) electrons. The Morgan fingerprint density at radius 2 is 1.49 bits per heavy atom. The maximum atomic E-state index is 14.0. The average Bonchev–Trinajstić information content (AvgIpc) is 2.99. The number of nitrogens with one attached hydrogen (secondary N) is 1. The second-order valence-corrected chi connectivity index (χ2v) is 10.9. The summed E-state index contributed by atoms with van der Waals surface area (Å²) in [5.41, 5.74) is 4.32. The molecule has 2 unspecified atom stereocenters. The predicted octanol–water partition coefficient (Wildman–Crippen LogP) is 5.96. The highest BCUT2D eigenvalue weighted by Gasteiger charge is 2.42. The molecule has 2 aliphatic carbocycles. The molecule has 0 amide bonds. The molecular formula is C33H39NO7. The summed E-state index contributed by atoms with van der Waals surface area (Å²) in [6, 6.07) is 11.5. The number of Topliss-reactive ketones (excluding diaryl/α,β-unsaturated/α-hetero) is 1. The lowest BCUT2D eigenvalue weighted by Crippen LogP contribution is -2.37. The van der Waals surface area contributed by atoms with Crippen LogP contribution in [0.1, 0.15) is 74.8 Å². The van der Waals surface area contributed by atoms with E-state index in [1.54, 1.807) is 28.4 Å². The van der Waals surface area contributed by atoms with E-state index >= 15 is 0 Å². The Kier molecular flexibility index (Phi) is 8.57. The number of hydrogen-bond donors (Lipinski definition) is 1. The van der Waals surface area contributed by atoms with Crippen molar-refractivity contribution in [3.8, 4) is 23.0 Å². The van der Waals surface area contributed by atoms with Gasteiger partial charge in [-0.15, -0.1) is 0 Å². The van der Waals surface area contributed by atoms with E-state index < -0.39 is 11.9 Å². The van der Waals surface area contributed by atoms with Crippen LogP contribution in [0.2, 0.25) is 0 Å². The van der Waals surface area contributed by atoms with E-state index in [2.05, 4.69) is 5.32 Å². The Labute approximate surface area is 241 Å². The van der Waals surface area contributed by atoms with Gasteiger partial charge in [-0.25, -0.2) is 4.79 Å². The molecule has 0 aromatic heterocycles. The Bertz CT molecular complexity index is 1340. The topological polar surface area (TPSA) is 92.3 Å². The smallest absolute Gasteiger partial charge is 0.337 e. The van der Waals surface area contributed by atoms with Gasteiger partial charge in [0.15, 0.2) is 17.3 Å². The molecule has 1 saturated carbocycles. The Hall–Kier alpha value is -3.94. The van der Waals surface area contributed by atoms with Crippen molar-refractivity contribution in [2.75, 3.05) is 28.4 Å². The number of carbonyl (C=O) groups is 2. The molecule has 2 atom stereocenters. The zero-order valence-corrected chi connectivity index (χ0v) is 24.5. The summed E-state index contributed by atoms with van der Waals surface area (Å²) in [6.45, 7) is 1.88. The number of methoxy groups -OCH3 is 4. The molecule has 3 aliphatic rings. The van der Waals surface area contributed by atoms with Gasteiger partial charge in [0.2, 0.25) is 5.75 Å². The molecular weight excluding hydrogens is 522 g/mol. The monoisotopic (exact) mass is 561 g/mol. The second-order valence-electron chi connectivity index (χ2n) is 10.9. The maximum absolute atomic E-state index is 14.0. The number of ketones is 1. The molecule has 1 fully saturated rings. The van der Waals surface area contributed by atoms with Crippen LogP contribution in [0, 0.1) is 0 Å². The van der Waals surface area contributed by atoms with E-state index in [4.69, 9.17) is 23.7 Å². The van der Waals surface area contributed by atoms with Gasteiger partial charge in [-0.05, 0) is 80.3 Å². The molecule has 2 aromatic rings. The first-order valence-electron chi connectivity index (χ1n) is 14.3. The summed E-state index contributed by atoms with van der Waals surface area (Å²) < 4.78 is 28.2. The zero-order chi connectivity index (χ0) is 29.1. The van der Waals surface area contributed by atoms with Crippen molar-refractivity contribution in [1.29, 1.82) is 0 Å². The predicted molar refractivity (Wildman–Crippen MR) is 155 cm³/mol. The molecule has 2 aromatic carbocycles. The van der Waals surface area contributed by atoms with E-state index in [0.717, 1.165) is 49.1 Å². The Balaban J connectivity index is 1.59. The lowest BCUT2D eigenvalue weighted by molar-refractivity contribution is -0.146. The van der Waals surface area contributed by atoms with E-state index in [0.29, 0.717) is 52.5 Å². The highest BCUT2D eigenvalue weighted by molar-refractivity contribution is 6.04. The summed E-state index contributed by atoms with van der Waals surface area (Å²) in [6.07, 6.45) is 5.82. The molecule has 0 saturated heterocycles.